The molecule has 12 heteroatoms. The second-order valence-electron chi connectivity index (χ2n) is 5.95. The van der Waals surface area contributed by atoms with Gasteiger partial charge in [-0.15, -0.1) is 0 Å². The third-order valence-corrected chi connectivity index (χ3v) is 3.79. The third-order valence-electron chi connectivity index (χ3n) is 3.79. The van der Waals surface area contributed by atoms with Crippen LogP contribution in [0, 0.1) is 0 Å². The first-order valence-corrected chi connectivity index (χ1v) is 8.18. The molecule has 0 spiro atoms. The fourth-order valence-corrected chi connectivity index (χ4v) is 2.84. The van der Waals surface area contributed by atoms with Gasteiger partial charge in [0.05, 0.1) is 5.69 Å². The molecule has 4 atom stereocenters. The summed E-state index contributed by atoms with van der Waals surface area (Å²) >= 11 is 0. The first kappa shape index (κ1) is 21.3. The normalized spacial score (nSPS) is 23.9. The van der Waals surface area contributed by atoms with Crippen molar-refractivity contribution in [3.05, 3.63) is 32.6 Å². The molecule has 0 radical (unpaired) electrons. The van der Waals surface area contributed by atoms with E-state index in [1.165, 1.54) is 0 Å². The number of carbonyl (C=O) groups is 3. The van der Waals surface area contributed by atoms with Gasteiger partial charge in [-0.1, -0.05) is 0 Å². The molecule has 1 fully saturated rings. The van der Waals surface area contributed by atoms with Gasteiger partial charge < -0.3 is 18.9 Å². The van der Waals surface area contributed by atoms with Gasteiger partial charge in [0.1, 0.15) is 19.4 Å². The molecule has 0 aliphatic carbocycles. The van der Waals surface area contributed by atoms with Crippen molar-refractivity contribution in [2.45, 2.75) is 52.0 Å². The predicted molar refractivity (Wildman–Crippen MR) is 87.8 cm³/mol. The lowest BCUT2D eigenvalue weighted by Gasteiger charge is -2.24. The molecule has 1 aromatic rings. The maximum atomic E-state index is 13.4. The number of nitrogens with one attached hydrogen (secondary N) is 1. The van der Waals surface area contributed by atoms with Gasteiger partial charge in [-0.3, -0.25) is 28.7 Å². The fraction of sp³-hybridized carbons (Fsp3) is 0.562. The monoisotopic (exact) mass is 402 g/mol. The molecule has 0 saturated carbocycles. The number of esters is 3. The molecule has 2 rings (SSSR count). The van der Waals surface area contributed by atoms with Crippen molar-refractivity contribution in [2.75, 3.05) is 6.61 Å². The number of nitrogens with zero attached hydrogens (tertiary/aromatic N) is 1. The predicted octanol–water partition coefficient (Wildman–Crippen LogP) is -0.670. The minimum atomic E-state index is -1.44. The second kappa shape index (κ2) is 8.78. The maximum absolute atomic E-state index is 13.4. The fourth-order valence-electron chi connectivity index (χ4n) is 2.84. The molecule has 0 unspecified atom stereocenters. The Kier molecular flexibility index (Phi) is 6.67. The molecule has 1 aliphatic rings. The summed E-state index contributed by atoms with van der Waals surface area (Å²) in [6.45, 7) is 1.74. The molecule has 0 amide bonds. The zero-order chi connectivity index (χ0) is 21.0. The molecule has 1 N–H and O–H groups in total. The van der Waals surface area contributed by atoms with Crippen molar-refractivity contribution in [2.24, 2.45) is 0 Å². The van der Waals surface area contributed by atoms with Gasteiger partial charge in [0.25, 0.3) is 5.56 Å². The van der Waals surface area contributed by atoms with Crippen LogP contribution < -0.4 is 11.2 Å². The van der Waals surface area contributed by atoms with E-state index in [-0.39, 0.29) is 12.3 Å². The summed E-state index contributed by atoms with van der Waals surface area (Å²) in [6, 6.07) is 0.843. The summed E-state index contributed by atoms with van der Waals surface area (Å²) in [6.07, 6.45) is -5.18. The van der Waals surface area contributed by atoms with Crippen LogP contribution in [0.25, 0.3) is 0 Å². The number of halogens is 1. The quantitative estimate of drug-likeness (QED) is 0.484. The number of rotatable bonds is 6. The third kappa shape index (κ3) is 4.82. The molecule has 1 aromatic heterocycles. The van der Waals surface area contributed by atoms with E-state index >= 15 is 0 Å². The van der Waals surface area contributed by atoms with Gasteiger partial charge in [0, 0.05) is 26.8 Å². The van der Waals surface area contributed by atoms with Crippen LogP contribution in [-0.4, -0.2) is 52.4 Å². The van der Waals surface area contributed by atoms with E-state index in [0.29, 0.717) is 0 Å². The van der Waals surface area contributed by atoms with Crippen LogP contribution in [0.1, 0.15) is 32.7 Å². The van der Waals surface area contributed by atoms with E-state index in [2.05, 4.69) is 0 Å². The van der Waals surface area contributed by atoms with Crippen LogP contribution in [0.15, 0.2) is 15.7 Å². The SMILES string of the molecule is CC(=O)OC[C@H]1O[C@@H](n2c(CF)cc(=O)[nH]c2=O)[C@H](OC(C)=O)[C@@H]1OC(C)=O. The van der Waals surface area contributed by atoms with Gasteiger partial charge >= 0.3 is 23.6 Å². The van der Waals surface area contributed by atoms with Crippen molar-refractivity contribution in [3.63, 3.8) is 0 Å². The minimum absolute atomic E-state index is 0.342. The van der Waals surface area contributed by atoms with E-state index in [9.17, 15) is 28.4 Å². The Morgan fingerprint density at radius 3 is 2.25 bits per heavy atom. The van der Waals surface area contributed by atoms with E-state index in [1.54, 1.807) is 0 Å². The maximum Gasteiger partial charge on any atom is 0.330 e. The molecular weight excluding hydrogens is 383 g/mol. The highest BCUT2D eigenvalue weighted by molar-refractivity contribution is 5.68. The first-order chi connectivity index (χ1) is 13.1. The lowest BCUT2D eigenvalue weighted by Crippen LogP contribution is -2.43. The highest BCUT2D eigenvalue weighted by Crippen LogP contribution is 2.34. The molecule has 0 bridgehead atoms. The molecule has 1 aliphatic heterocycles. The largest absolute Gasteiger partial charge is 0.463 e. The van der Waals surface area contributed by atoms with E-state index in [4.69, 9.17) is 18.9 Å². The minimum Gasteiger partial charge on any atom is -0.463 e. The molecule has 154 valence electrons. The standard InChI is InChI=1S/C16H19FN2O9/c1-7(20)25-6-11-13(26-8(2)21)14(27-9(3)22)15(28-11)19-10(5-17)4-12(23)18-16(19)24/h4,11,13-15H,5-6H2,1-3H3,(H,18,23,24)/t11-,13-,14-,15-/m1/s1. The molecule has 2 heterocycles. The summed E-state index contributed by atoms with van der Waals surface area (Å²) in [5.74, 6) is -2.19. The Morgan fingerprint density at radius 2 is 1.71 bits per heavy atom. The van der Waals surface area contributed by atoms with Crippen molar-refractivity contribution in [1.82, 2.24) is 9.55 Å². The van der Waals surface area contributed by atoms with E-state index < -0.39 is 60.4 Å². The van der Waals surface area contributed by atoms with Crippen molar-refractivity contribution < 1.29 is 37.7 Å². The summed E-state index contributed by atoms with van der Waals surface area (Å²) in [5, 5.41) is 0. The topological polar surface area (TPSA) is 143 Å². The highest BCUT2D eigenvalue weighted by atomic mass is 19.1. The lowest BCUT2D eigenvalue weighted by atomic mass is 10.1. The number of alkyl halides is 1. The van der Waals surface area contributed by atoms with Crippen LogP contribution in [-0.2, 0) is 40.0 Å². The number of aromatic amines is 1. The van der Waals surface area contributed by atoms with Crippen LogP contribution in [0.3, 0.4) is 0 Å². The average Bonchev–Trinajstić information content (AvgIpc) is 2.88. The van der Waals surface area contributed by atoms with Crippen LogP contribution in [0.2, 0.25) is 0 Å². The van der Waals surface area contributed by atoms with E-state index in [1.807, 2.05) is 4.98 Å². The number of aromatic nitrogens is 2. The zero-order valence-electron chi connectivity index (χ0n) is 15.3. The van der Waals surface area contributed by atoms with Gasteiger partial charge in [-0.2, -0.15) is 0 Å². The Bertz CT molecular complexity index is 878. The Morgan fingerprint density at radius 1 is 1.11 bits per heavy atom. The summed E-state index contributed by atoms with van der Waals surface area (Å²) < 4.78 is 35.0. The molecule has 1 saturated heterocycles. The summed E-state index contributed by atoms with van der Waals surface area (Å²) in [7, 11) is 0. The number of hydrogen-bond donors (Lipinski definition) is 1. The van der Waals surface area contributed by atoms with Crippen molar-refractivity contribution in [1.29, 1.82) is 0 Å². The Labute approximate surface area is 157 Å². The van der Waals surface area contributed by atoms with Crippen molar-refractivity contribution >= 4 is 17.9 Å². The van der Waals surface area contributed by atoms with Gasteiger partial charge in [-0.25, -0.2) is 9.18 Å². The van der Waals surface area contributed by atoms with Crippen LogP contribution in [0.4, 0.5) is 4.39 Å². The van der Waals surface area contributed by atoms with Crippen LogP contribution >= 0.6 is 0 Å². The summed E-state index contributed by atoms with van der Waals surface area (Å²) in [4.78, 5) is 59.8. The van der Waals surface area contributed by atoms with Crippen LogP contribution in [0.5, 0.6) is 0 Å². The highest BCUT2D eigenvalue weighted by Gasteiger charge is 2.51. The molecular formula is C16H19FN2O9. The number of hydrogen-bond acceptors (Lipinski definition) is 9. The van der Waals surface area contributed by atoms with Gasteiger partial charge in [0.15, 0.2) is 18.4 Å². The first-order valence-electron chi connectivity index (χ1n) is 8.18. The second-order valence-corrected chi connectivity index (χ2v) is 5.95. The lowest BCUT2D eigenvalue weighted by molar-refractivity contribution is -0.166. The number of H-pyrrole nitrogens is 1. The zero-order valence-corrected chi connectivity index (χ0v) is 15.3. The Hall–Kier alpha value is -3.02. The average molecular weight is 402 g/mol. The number of carbonyl (C=O) groups excluding carboxylic acids is 3. The summed E-state index contributed by atoms with van der Waals surface area (Å²) in [5.41, 5.74) is -2.19. The Balaban J connectivity index is 2.53. The van der Waals surface area contributed by atoms with Gasteiger partial charge in [-0.05, 0) is 0 Å². The molecule has 0 aromatic carbocycles. The van der Waals surface area contributed by atoms with Crippen molar-refractivity contribution in [3.8, 4) is 0 Å². The van der Waals surface area contributed by atoms with Gasteiger partial charge in [0.2, 0.25) is 0 Å². The molecule has 28 heavy (non-hydrogen) atoms. The smallest absolute Gasteiger partial charge is 0.330 e. The van der Waals surface area contributed by atoms with E-state index in [0.717, 1.165) is 31.4 Å². The number of ether oxygens (including phenoxy) is 4. The molecule has 11 nitrogen and oxygen atoms in total.